The Kier molecular flexibility index (Phi) is 9.10. The molecule has 4 fully saturated rings. The molecule has 0 aromatic carbocycles. The van der Waals surface area contributed by atoms with Crippen molar-refractivity contribution in [1.29, 1.82) is 0 Å². The number of carbonyl (C=O) groups excluding carboxylic acids is 2. The minimum absolute atomic E-state index is 0.00809. The predicted molar refractivity (Wildman–Crippen MR) is 153 cm³/mol. The third-order valence-electron chi connectivity index (χ3n) is 8.86. The van der Waals surface area contributed by atoms with Crippen LogP contribution >= 0.6 is 11.3 Å². The number of carbonyl (C=O) groups is 2. The number of guanidine groups is 1. The van der Waals surface area contributed by atoms with E-state index in [4.69, 9.17) is 15.0 Å². The lowest BCUT2D eigenvalue weighted by molar-refractivity contribution is -0.525. The molecule has 0 radical (unpaired) electrons. The summed E-state index contributed by atoms with van der Waals surface area (Å²) in [4.78, 5) is 41.4. The molecule has 1 aromatic heterocycles. The fourth-order valence-corrected chi connectivity index (χ4v) is 7.26. The van der Waals surface area contributed by atoms with E-state index in [1.807, 2.05) is 0 Å². The standard InChI is InChI=1S/C26H41BN6O6S/c1-15(2)12-21(27-38-20-14-16-13-19(25(16,3)4)26(20,5)39-27)31-22(34)17(30-23(35)18-9-7-11-40-18)8-6-10-29-24(28)32-33(36)37/h7,9,11,15-17,19-21H,6,8,10,12-14H2,1-5H3,(H,30,35)(H,31,34)(H3,28,29,32)/t16-,17-,19-,20+,21-,26-/m0/s1. The Morgan fingerprint density at radius 3 is 2.67 bits per heavy atom. The number of rotatable bonds is 12. The molecule has 2 amide bonds. The van der Waals surface area contributed by atoms with E-state index < -0.39 is 29.7 Å². The van der Waals surface area contributed by atoms with Gasteiger partial charge >= 0.3 is 7.12 Å². The normalized spacial score (nSPS) is 28.3. The molecule has 220 valence electrons. The van der Waals surface area contributed by atoms with Crippen LogP contribution in [0, 0.1) is 33.3 Å². The first kappa shape index (κ1) is 30.3. The van der Waals surface area contributed by atoms with E-state index in [1.54, 1.807) is 22.9 Å². The molecule has 0 unspecified atom stereocenters. The number of amides is 2. The average molecular weight is 577 g/mol. The molecular weight excluding hydrogens is 535 g/mol. The SMILES string of the molecule is CC(C)C[C@H](NC(=O)[C@H](CCCN=C(N)N[N+](=O)[O-])NC(=O)c1cccs1)B1O[C@@H]2C[C@@H]3C[C@@H](C3(C)C)[C@]2(C)O1. The molecule has 2 heterocycles. The Morgan fingerprint density at radius 2 is 2.05 bits per heavy atom. The fourth-order valence-electron chi connectivity index (χ4n) is 6.63. The Labute approximate surface area is 239 Å². The van der Waals surface area contributed by atoms with Crippen molar-refractivity contribution in [2.24, 2.45) is 33.9 Å². The van der Waals surface area contributed by atoms with Crippen molar-refractivity contribution in [3.63, 3.8) is 0 Å². The number of nitrogens with one attached hydrogen (secondary N) is 3. The lowest BCUT2D eigenvalue weighted by Crippen LogP contribution is -2.65. The molecule has 1 aromatic rings. The van der Waals surface area contributed by atoms with Gasteiger partial charge in [-0.1, -0.05) is 39.2 Å². The van der Waals surface area contributed by atoms with Crippen molar-refractivity contribution >= 4 is 36.2 Å². The lowest BCUT2D eigenvalue weighted by atomic mass is 9.43. The molecule has 1 saturated heterocycles. The third-order valence-corrected chi connectivity index (χ3v) is 9.72. The van der Waals surface area contributed by atoms with E-state index in [1.165, 1.54) is 11.3 Å². The second kappa shape index (κ2) is 12.0. The lowest BCUT2D eigenvalue weighted by Gasteiger charge is -2.64. The highest BCUT2D eigenvalue weighted by atomic mass is 32.1. The van der Waals surface area contributed by atoms with Crippen molar-refractivity contribution < 1.29 is 23.9 Å². The number of nitro groups is 1. The van der Waals surface area contributed by atoms with Crippen LogP contribution in [0.4, 0.5) is 0 Å². The third kappa shape index (κ3) is 6.44. The summed E-state index contributed by atoms with van der Waals surface area (Å²) in [6.07, 6.45) is 3.36. The van der Waals surface area contributed by atoms with E-state index in [0.717, 1.165) is 12.8 Å². The molecule has 2 bridgehead atoms. The number of hydrogen-bond acceptors (Lipinski definition) is 8. The van der Waals surface area contributed by atoms with Gasteiger partial charge in [0.2, 0.25) is 5.91 Å². The maximum absolute atomic E-state index is 13.6. The first-order valence-electron chi connectivity index (χ1n) is 14.0. The van der Waals surface area contributed by atoms with Gasteiger partial charge in [-0.3, -0.25) is 9.59 Å². The molecule has 4 aliphatic rings. The van der Waals surface area contributed by atoms with Crippen molar-refractivity contribution in [3.05, 3.63) is 32.5 Å². The van der Waals surface area contributed by atoms with Gasteiger partial charge in [0.25, 0.3) is 11.9 Å². The molecular formula is C26H41BN6O6S. The van der Waals surface area contributed by atoms with Crippen LogP contribution in [0.1, 0.15) is 76.4 Å². The van der Waals surface area contributed by atoms with E-state index in [-0.39, 0.29) is 48.2 Å². The van der Waals surface area contributed by atoms with Crippen LogP contribution in [-0.2, 0) is 14.1 Å². The van der Waals surface area contributed by atoms with Crippen LogP contribution in [0.3, 0.4) is 0 Å². The highest BCUT2D eigenvalue weighted by Gasteiger charge is 2.68. The molecule has 5 rings (SSSR count). The quantitative estimate of drug-likeness (QED) is 0.0735. The minimum Gasteiger partial charge on any atom is -0.404 e. The van der Waals surface area contributed by atoms with E-state index in [9.17, 15) is 19.7 Å². The van der Waals surface area contributed by atoms with Gasteiger partial charge in [-0.25, -0.2) is 15.1 Å². The Morgan fingerprint density at radius 1 is 1.30 bits per heavy atom. The summed E-state index contributed by atoms with van der Waals surface area (Å²) >= 11 is 1.29. The number of aliphatic imine (C=N–C) groups is 1. The van der Waals surface area contributed by atoms with Crippen molar-refractivity contribution in [3.8, 4) is 0 Å². The first-order chi connectivity index (χ1) is 18.8. The molecule has 6 atom stereocenters. The van der Waals surface area contributed by atoms with Gasteiger partial charge in [0.1, 0.15) is 6.04 Å². The van der Waals surface area contributed by atoms with Gasteiger partial charge < -0.3 is 25.7 Å². The van der Waals surface area contributed by atoms with Crippen LogP contribution in [0.15, 0.2) is 22.5 Å². The van der Waals surface area contributed by atoms with E-state index in [2.05, 4.69) is 50.2 Å². The highest BCUT2D eigenvalue weighted by Crippen LogP contribution is 2.65. The molecule has 1 aliphatic heterocycles. The zero-order valence-electron chi connectivity index (χ0n) is 23.8. The van der Waals surface area contributed by atoms with Crippen molar-refractivity contribution in [1.82, 2.24) is 16.1 Å². The molecule has 0 spiro atoms. The van der Waals surface area contributed by atoms with Crippen LogP contribution in [0.2, 0.25) is 0 Å². The first-order valence-corrected chi connectivity index (χ1v) is 14.9. The zero-order valence-corrected chi connectivity index (χ0v) is 24.7. The second-order valence-corrected chi connectivity index (χ2v) is 13.3. The summed E-state index contributed by atoms with van der Waals surface area (Å²) in [7, 11) is -0.581. The molecule has 14 heteroatoms. The van der Waals surface area contributed by atoms with Gasteiger partial charge in [0.15, 0.2) is 5.03 Å². The second-order valence-electron chi connectivity index (χ2n) is 12.4. The molecule has 3 saturated carbocycles. The number of hydrogen-bond donors (Lipinski definition) is 4. The average Bonchev–Trinajstić information content (AvgIpc) is 3.52. The van der Waals surface area contributed by atoms with Gasteiger partial charge in [0, 0.05) is 6.54 Å². The van der Waals surface area contributed by atoms with Crippen LogP contribution in [0.25, 0.3) is 0 Å². The summed E-state index contributed by atoms with van der Waals surface area (Å²) in [6.45, 7) is 11.1. The topological polar surface area (TPSA) is 170 Å². The Hall–Kier alpha value is -2.71. The zero-order chi connectivity index (χ0) is 29.2. The monoisotopic (exact) mass is 576 g/mol. The molecule has 40 heavy (non-hydrogen) atoms. The Bertz CT molecular complexity index is 1120. The highest BCUT2D eigenvalue weighted by molar-refractivity contribution is 7.12. The van der Waals surface area contributed by atoms with Crippen molar-refractivity contribution in [2.45, 2.75) is 90.4 Å². The molecule has 3 aliphatic carbocycles. The fraction of sp³-hybridized carbons (Fsp3) is 0.731. The number of nitrogens with two attached hydrogens (primary N) is 1. The van der Waals surface area contributed by atoms with Crippen LogP contribution in [0.5, 0.6) is 0 Å². The Balaban J connectivity index is 1.45. The number of thiophene rings is 1. The maximum Gasteiger partial charge on any atom is 0.481 e. The van der Waals surface area contributed by atoms with Crippen LogP contribution in [-0.4, -0.2) is 60.2 Å². The summed E-state index contributed by atoms with van der Waals surface area (Å²) < 4.78 is 13.1. The van der Waals surface area contributed by atoms with Gasteiger partial charge in [0.05, 0.1) is 22.5 Å². The largest absolute Gasteiger partial charge is 0.481 e. The summed E-state index contributed by atoms with van der Waals surface area (Å²) in [5.41, 5.74) is 7.09. The van der Waals surface area contributed by atoms with Gasteiger partial charge in [-0.05, 0) is 73.6 Å². The molecule has 5 N–H and O–H groups in total. The maximum atomic E-state index is 13.6. The van der Waals surface area contributed by atoms with E-state index in [0.29, 0.717) is 29.6 Å². The van der Waals surface area contributed by atoms with Gasteiger partial charge in [-0.2, -0.15) is 0 Å². The van der Waals surface area contributed by atoms with Crippen molar-refractivity contribution in [2.75, 3.05) is 6.54 Å². The summed E-state index contributed by atoms with van der Waals surface area (Å²) in [5, 5.41) is 17.5. The number of nitrogens with zero attached hydrogens (tertiary/aromatic N) is 2. The van der Waals surface area contributed by atoms with E-state index >= 15 is 0 Å². The number of hydrazine groups is 1. The molecule has 12 nitrogen and oxygen atoms in total. The summed E-state index contributed by atoms with van der Waals surface area (Å²) in [6, 6.07) is 2.61. The van der Waals surface area contributed by atoms with Gasteiger partial charge in [-0.15, -0.1) is 11.3 Å². The summed E-state index contributed by atoms with van der Waals surface area (Å²) in [5.74, 6) is -0.115. The van der Waals surface area contributed by atoms with Crippen LogP contribution < -0.4 is 21.8 Å². The smallest absolute Gasteiger partial charge is 0.404 e. The minimum atomic E-state index is -0.852. The predicted octanol–water partition coefficient (Wildman–Crippen LogP) is 2.52.